The molecule has 2 saturated heterocycles. The van der Waals surface area contributed by atoms with E-state index in [2.05, 4.69) is 10.6 Å². The SMILES string of the molecule is O=C1NCCCCC1NCC1CCOCC1. The fourth-order valence-electron chi connectivity index (χ4n) is 2.39. The van der Waals surface area contributed by atoms with Gasteiger partial charge in [0.2, 0.25) is 5.91 Å². The molecule has 2 aliphatic rings. The first kappa shape index (κ1) is 11.9. The minimum absolute atomic E-state index is 0.0327. The molecule has 2 aliphatic heterocycles. The third-order valence-electron chi connectivity index (χ3n) is 3.53. The van der Waals surface area contributed by atoms with E-state index >= 15 is 0 Å². The van der Waals surface area contributed by atoms with E-state index in [9.17, 15) is 4.79 Å². The van der Waals surface area contributed by atoms with Crippen LogP contribution in [0.2, 0.25) is 0 Å². The predicted octanol–water partition coefficient (Wildman–Crippen LogP) is 0.671. The second-order valence-electron chi connectivity index (χ2n) is 4.80. The zero-order chi connectivity index (χ0) is 11.2. The van der Waals surface area contributed by atoms with E-state index in [0.717, 1.165) is 58.4 Å². The highest BCUT2D eigenvalue weighted by molar-refractivity contribution is 5.81. The van der Waals surface area contributed by atoms with Gasteiger partial charge in [0, 0.05) is 19.8 Å². The van der Waals surface area contributed by atoms with Gasteiger partial charge in [-0.2, -0.15) is 0 Å². The Morgan fingerprint density at radius 2 is 2.06 bits per heavy atom. The molecule has 1 amide bonds. The second-order valence-corrected chi connectivity index (χ2v) is 4.80. The van der Waals surface area contributed by atoms with Crippen LogP contribution in [0.25, 0.3) is 0 Å². The summed E-state index contributed by atoms with van der Waals surface area (Å²) in [5.41, 5.74) is 0. The van der Waals surface area contributed by atoms with E-state index in [1.165, 1.54) is 0 Å². The van der Waals surface area contributed by atoms with Crippen LogP contribution < -0.4 is 10.6 Å². The van der Waals surface area contributed by atoms with Crippen LogP contribution in [0.1, 0.15) is 32.1 Å². The van der Waals surface area contributed by atoms with Gasteiger partial charge in [0.05, 0.1) is 6.04 Å². The Morgan fingerprint density at radius 1 is 1.25 bits per heavy atom. The zero-order valence-electron chi connectivity index (χ0n) is 9.84. The maximum absolute atomic E-state index is 11.7. The molecule has 2 fully saturated rings. The lowest BCUT2D eigenvalue weighted by molar-refractivity contribution is -0.122. The summed E-state index contributed by atoms with van der Waals surface area (Å²) >= 11 is 0. The molecule has 92 valence electrons. The zero-order valence-corrected chi connectivity index (χ0v) is 9.84. The Kier molecular flexibility index (Phi) is 4.60. The van der Waals surface area contributed by atoms with E-state index < -0.39 is 0 Å². The van der Waals surface area contributed by atoms with Gasteiger partial charge in [0.15, 0.2) is 0 Å². The van der Waals surface area contributed by atoms with Crippen molar-refractivity contribution < 1.29 is 9.53 Å². The van der Waals surface area contributed by atoms with Gasteiger partial charge in [-0.15, -0.1) is 0 Å². The van der Waals surface area contributed by atoms with Crippen molar-refractivity contribution in [1.29, 1.82) is 0 Å². The molecule has 2 heterocycles. The van der Waals surface area contributed by atoms with Crippen molar-refractivity contribution >= 4 is 5.91 Å². The number of hydrogen-bond acceptors (Lipinski definition) is 3. The van der Waals surface area contributed by atoms with Crippen LogP contribution in [0.4, 0.5) is 0 Å². The lowest BCUT2D eigenvalue weighted by atomic mass is 9.99. The first-order chi connectivity index (χ1) is 7.86. The van der Waals surface area contributed by atoms with Crippen LogP contribution in [0.5, 0.6) is 0 Å². The number of carbonyl (C=O) groups is 1. The number of nitrogens with one attached hydrogen (secondary N) is 2. The van der Waals surface area contributed by atoms with Gasteiger partial charge in [-0.05, 0) is 44.6 Å². The molecule has 0 aromatic heterocycles. The van der Waals surface area contributed by atoms with Crippen molar-refractivity contribution in [2.75, 3.05) is 26.3 Å². The molecule has 2 rings (SSSR count). The molecule has 0 bridgehead atoms. The van der Waals surface area contributed by atoms with Gasteiger partial charge in [-0.1, -0.05) is 0 Å². The lowest BCUT2D eigenvalue weighted by Gasteiger charge is -2.24. The quantitative estimate of drug-likeness (QED) is 0.743. The Labute approximate surface area is 97.1 Å². The second kappa shape index (κ2) is 6.21. The molecule has 1 atom stereocenters. The number of amides is 1. The third-order valence-corrected chi connectivity index (χ3v) is 3.53. The number of ether oxygens (including phenoxy) is 1. The molecule has 0 aliphatic carbocycles. The highest BCUT2D eigenvalue weighted by atomic mass is 16.5. The van der Waals surface area contributed by atoms with E-state index in [4.69, 9.17) is 4.74 Å². The van der Waals surface area contributed by atoms with Crippen molar-refractivity contribution in [3.8, 4) is 0 Å². The summed E-state index contributed by atoms with van der Waals surface area (Å²) in [5.74, 6) is 0.870. The molecule has 4 nitrogen and oxygen atoms in total. The molecule has 0 aromatic rings. The Bertz CT molecular complexity index is 227. The van der Waals surface area contributed by atoms with E-state index in [1.54, 1.807) is 0 Å². The largest absolute Gasteiger partial charge is 0.381 e. The van der Waals surface area contributed by atoms with Crippen molar-refractivity contribution in [3.05, 3.63) is 0 Å². The number of rotatable bonds is 3. The normalized spacial score (nSPS) is 28.5. The smallest absolute Gasteiger partial charge is 0.237 e. The molecule has 0 spiro atoms. The van der Waals surface area contributed by atoms with Crippen LogP contribution in [-0.2, 0) is 9.53 Å². The monoisotopic (exact) mass is 226 g/mol. The summed E-state index contributed by atoms with van der Waals surface area (Å²) in [6, 6.07) is 0.0327. The van der Waals surface area contributed by atoms with Crippen LogP contribution in [0.3, 0.4) is 0 Å². The van der Waals surface area contributed by atoms with Gasteiger partial charge >= 0.3 is 0 Å². The molecule has 16 heavy (non-hydrogen) atoms. The molecular weight excluding hydrogens is 204 g/mol. The van der Waals surface area contributed by atoms with E-state index in [0.29, 0.717) is 5.92 Å². The fourth-order valence-corrected chi connectivity index (χ4v) is 2.39. The molecule has 2 N–H and O–H groups in total. The maximum atomic E-state index is 11.7. The van der Waals surface area contributed by atoms with E-state index in [-0.39, 0.29) is 11.9 Å². The van der Waals surface area contributed by atoms with Crippen LogP contribution in [0, 0.1) is 5.92 Å². The molecular formula is C12H22N2O2. The van der Waals surface area contributed by atoms with Crippen molar-refractivity contribution in [1.82, 2.24) is 10.6 Å². The summed E-state index contributed by atoms with van der Waals surface area (Å²) in [5, 5.41) is 6.37. The average Bonchev–Trinajstić information content (AvgIpc) is 2.53. The summed E-state index contributed by atoms with van der Waals surface area (Å²) in [6.07, 6.45) is 5.49. The summed E-state index contributed by atoms with van der Waals surface area (Å²) in [4.78, 5) is 11.7. The van der Waals surface area contributed by atoms with Crippen molar-refractivity contribution in [2.24, 2.45) is 5.92 Å². The molecule has 4 heteroatoms. The summed E-state index contributed by atoms with van der Waals surface area (Å²) < 4.78 is 5.33. The number of hydrogen-bond donors (Lipinski definition) is 2. The molecule has 0 radical (unpaired) electrons. The third kappa shape index (κ3) is 3.46. The molecule has 0 aromatic carbocycles. The Balaban J connectivity index is 1.72. The Hall–Kier alpha value is -0.610. The Morgan fingerprint density at radius 3 is 2.88 bits per heavy atom. The fraction of sp³-hybridized carbons (Fsp3) is 0.917. The van der Waals surface area contributed by atoms with Crippen LogP contribution in [-0.4, -0.2) is 38.3 Å². The van der Waals surface area contributed by atoms with Gasteiger partial charge in [0.25, 0.3) is 0 Å². The lowest BCUT2D eigenvalue weighted by Crippen LogP contribution is -2.45. The highest BCUT2D eigenvalue weighted by Crippen LogP contribution is 2.14. The van der Waals surface area contributed by atoms with Crippen LogP contribution in [0.15, 0.2) is 0 Å². The topological polar surface area (TPSA) is 50.4 Å². The van der Waals surface area contributed by atoms with E-state index in [1.807, 2.05) is 0 Å². The summed E-state index contributed by atoms with van der Waals surface area (Å²) in [7, 11) is 0. The van der Waals surface area contributed by atoms with Crippen molar-refractivity contribution in [2.45, 2.75) is 38.1 Å². The molecule has 0 saturated carbocycles. The van der Waals surface area contributed by atoms with Crippen molar-refractivity contribution in [3.63, 3.8) is 0 Å². The maximum Gasteiger partial charge on any atom is 0.237 e. The van der Waals surface area contributed by atoms with Gasteiger partial charge in [0.1, 0.15) is 0 Å². The van der Waals surface area contributed by atoms with Crippen LogP contribution >= 0.6 is 0 Å². The minimum Gasteiger partial charge on any atom is -0.381 e. The minimum atomic E-state index is 0.0327. The van der Waals surface area contributed by atoms with Gasteiger partial charge in [-0.3, -0.25) is 4.79 Å². The summed E-state index contributed by atoms with van der Waals surface area (Å²) in [6.45, 7) is 3.56. The standard InChI is InChI=1S/C12H22N2O2/c15-12-11(3-1-2-6-13-12)14-9-10-4-7-16-8-5-10/h10-11,14H,1-9H2,(H,13,15). The number of carbonyl (C=O) groups excluding carboxylic acids is 1. The predicted molar refractivity (Wildman–Crippen MR) is 62.2 cm³/mol. The molecule has 1 unspecified atom stereocenters. The average molecular weight is 226 g/mol. The van der Waals surface area contributed by atoms with Gasteiger partial charge in [-0.25, -0.2) is 0 Å². The highest BCUT2D eigenvalue weighted by Gasteiger charge is 2.21. The van der Waals surface area contributed by atoms with Gasteiger partial charge < -0.3 is 15.4 Å². The first-order valence-corrected chi connectivity index (χ1v) is 6.45. The first-order valence-electron chi connectivity index (χ1n) is 6.45.